The number of anilines is 1. The predicted octanol–water partition coefficient (Wildman–Crippen LogP) is 2.44. The van der Waals surface area contributed by atoms with E-state index in [1.807, 2.05) is 38.1 Å². The molecule has 1 aliphatic heterocycles. The number of hydrogen-bond acceptors (Lipinski definition) is 6. The number of carbonyl (C=O) groups is 2. The van der Waals surface area contributed by atoms with Crippen LogP contribution in [0.25, 0.3) is 0 Å². The summed E-state index contributed by atoms with van der Waals surface area (Å²) in [6, 6.07) is 11.6. The van der Waals surface area contributed by atoms with Crippen molar-refractivity contribution in [1.82, 2.24) is 15.2 Å². The molecule has 9 nitrogen and oxygen atoms in total. The fraction of sp³-hybridized carbons (Fsp3) is 0.391. The van der Waals surface area contributed by atoms with Gasteiger partial charge in [-0.1, -0.05) is 24.1 Å². The summed E-state index contributed by atoms with van der Waals surface area (Å²) in [7, 11) is -2.47. The van der Waals surface area contributed by atoms with E-state index in [2.05, 4.69) is 16.2 Å². The standard InChI is InChI=1S/C23H30N4O5S/c1-16-7-10-19(11-8-16)24-15-22(28)25-26-23(29)18-9-12-20(32-3)21(14-18)33(30,31)27-13-5-4-6-17(27)2/h7-12,14,17,24H,4-6,13,15H2,1-3H3,(H,25,28)(H,26,29). The van der Waals surface area contributed by atoms with Gasteiger partial charge in [0.2, 0.25) is 10.0 Å². The van der Waals surface area contributed by atoms with E-state index < -0.39 is 21.8 Å². The second-order valence-electron chi connectivity index (χ2n) is 8.05. The molecule has 2 aromatic rings. The van der Waals surface area contributed by atoms with Crippen LogP contribution in [0.2, 0.25) is 0 Å². The normalized spacial score (nSPS) is 16.6. The molecule has 3 N–H and O–H groups in total. The smallest absolute Gasteiger partial charge is 0.269 e. The number of piperidine rings is 1. The Balaban J connectivity index is 1.67. The Morgan fingerprint density at radius 2 is 1.82 bits per heavy atom. The van der Waals surface area contributed by atoms with Crippen molar-refractivity contribution in [3.8, 4) is 5.75 Å². The van der Waals surface area contributed by atoms with Gasteiger partial charge in [-0.05, 0) is 57.0 Å². The molecule has 3 rings (SSSR count). The Labute approximate surface area is 194 Å². The highest BCUT2D eigenvalue weighted by Gasteiger charge is 2.33. The van der Waals surface area contributed by atoms with E-state index in [4.69, 9.17) is 4.74 Å². The highest BCUT2D eigenvalue weighted by molar-refractivity contribution is 7.89. The van der Waals surface area contributed by atoms with E-state index in [0.29, 0.717) is 6.54 Å². The highest BCUT2D eigenvalue weighted by atomic mass is 32.2. The van der Waals surface area contributed by atoms with Crippen LogP contribution in [0.5, 0.6) is 5.75 Å². The number of amides is 2. The Morgan fingerprint density at radius 1 is 1.09 bits per heavy atom. The molecule has 10 heteroatoms. The van der Waals surface area contributed by atoms with Crippen molar-refractivity contribution in [2.24, 2.45) is 0 Å². The fourth-order valence-electron chi connectivity index (χ4n) is 3.67. The van der Waals surface area contributed by atoms with Crippen molar-refractivity contribution in [3.05, 3.63) is 53.6 Å². The number of nitrogens with zero attached hydrogens (tertiary/aromatic N) is 1. The first-order valence-corrected chi connectivity index (χ1v) is 12.3. The monoisotopic (exact) mass is 474 g/mol. The lowest BCUT2D eigenvalue weighted by Crippen LogP contribution is -2.44. The lowest BCUT2D eigenvalue weighted by atomic mass is 10.1. The number of sulfonamides is 1. The summed E-state index contributed by atoms with van der Waals surface area (Å²) >= 11 is 0. The van der Waals surface area contributed by atoms with Gasteiger partial charge in [-0.25, -0.2) is 8.42 Å². The average molecular weight is 475 g/mol. The maximum absolute atomic E-state index is 13.3. The summed E-state index contributed by atoms with van der Waals surface area (Å²) in [5, 5.41) is 2.95. The molecule has 1 heterocycles. The second kappa shape index (κ2) is 10.7. The molecule has 178 valence electrons. The first kappa shape index (κ1) is 24.5. The Bertz CT molecular complexity index is 1100. The van der Waals surface area contributed by atoms with Crippen molar-refractivity contribution in [3.63, 3.8) is 0 Å². The van der Waals surface area contributed by atoms with Crippen LogP contribution in [0.4, 0.5) is 5.69 Å². The number of methoxy groups -OCH3 is 1. The Kier molecular flexibility index (Phi) is 7.93. The minimum Gasteiger partial charge on any atom is -0.495 e. The summed E-state index contributed by atoms with van der Waals surface area (Å²) < 4.78 is 33.3. The van der Waals surface area contributed by atoms with Crippen LogP contribution in [0.15, 0.2) is 47.4 Å². The van der Waals surface area contributed by atoms with Crippen molar-refractivity contribution in [2.45, 2.75) is 44.0 Å². The topological polar surface area (TPSA) is 117 Å². The lowest BCUT2D eigenvalue weighted by molar-refractivity contribution is -0.120. The molecule has 2 amide bonds. The number of ether oxygens (including phenoxy) is 1. The first-order valence-electron chi connectivity index (χ1n) is 10.8. The fourth-order valence-corrected chi connectivity index (χ4v) is 5.55. The summed E-state index contributed by atoms with van der Waals surface area (Å²) in [6.07, 6.45) is 2.55. The van der Waals surface area contributed by atoms with E-state index in [9.17, 15) is 18.0 Å². The largest absolute Gasteiger partial charge is 0.495 e. The van der Waals surface area contributed by atoms with Crippen molar-refractivity contribution >= 4 is 27.5 Å². The SMILES string of the molecule is COc1ccc(C(=O)NNC(=O)CNc2ccc(C)cc2)cc1S(=O)(=O)N1CCCCC1C. The van der Waals surface area contributed by atoms with Gasteiger partial charge in [0.1, 0.15) is 10.6 Å². The zero-order valence-electron chi connectivity index (χ0n) is 19.1. The van der Waals surface area contributed by atoms with Crippen LogP contribution in [-0.4, -0.2) is 50.8 Å². The number of aryl methyl sites for hydroxylation is 1. The van der Waals surface area contributed by atoms with Crippen molar-refractivity contribution in [2.75, 3.05) is 25.5 Å². The van der Waals surface area contributed by atoms with Crippen LogP contribution in [0.1, 0.15) is 42.1 Å². The van der Waals surface area contributed by atoms with Gasteiger partial charge in [0.05, 0.1) is 13.7 Å². The zero-order chi connectivity index (χ0) is 24.0. The van der Waals surface area contributed by atoms with Crippen LogP contribution in [-0.2, 0) is 14.8 Å². The van der Waals surface area contributed by atoms with E-state index in [0.717, 1.165) is 30.5 Å². The summed E-state index contributed by atoms with van der Waals surface area (Å²) in [4.78, 5) is 24.6. The number of nitrogens with one attached hydrogen (secondary N) is 3. The molecule has 2 aromatic carbocycles. The molecule has 0 saturated carbocycles. The van der Waals surface area contributed by atoms with Gasteiger partial charge in [0.25, 0.3) is 11.8 Å². The van der Waals surface area contributed by atoms with Gasteiger partial charge in [-0.3, -0.25) is 20.4 Å². The second-order valence-corrected chi connectivity index (χ2v) is 9.91. The average Bonchev–Trinajstić information content (AvgIpc) is 2.81. The molecule has 33 heavy (non-hydrogen) atoms. The third-order valence-electron chi connectivity index (χ3n) is 5.57. The van der Waals surface area contributed by atoms with Crippen molar-refractivity contribution in [1.29, 1.82) is 0 Å². The number of rotatable bonds is 7. The summed E-state index contributed by atoms with van der Waals surface area (Å²) in [6.45, 7) is 4.22. The van der Waals surface area contributed by atoms with Gasteiger partial charge in [-0.15, -0.1) is 0 Å². The number of carbonyl (C=O) groups excluding carboxylic acids is 2. The minimum absolute atomic E-state index is 0.0432. The van der Waals surface area contributed by atoms with Gasteiger partial charge < -0.3 is 10.1 Å². The van der Waals surface area contributed by atoms with E-state index >= 15 is 0 Å². The maximum Gasteiger partial charge on any atom is 0.269 e. The molecular weight excluding hydrogens is 444 g/mol. The van der Waals surface area contributed by atoms with Gasteiger partial charge in [0, 0.05) is 23.8 Å². The van der Waals surface area contributed by atoms with E-state index in [-0.39, 0.29) is 28.8 Å². The maximum atomic E-state index is 13.3. The lowest BCUT2D eigenvalue weighted by Gasteiger charge is -2.32. The molecule has 0 spiro atoms. The quantitative estimate of drug-likeness (QED) is 0.531. The predicted molar refractivity (Wildman–Crippen MR) is 125 cm³/mol. The highest BCUT2D eigenvalue weighted by Crippen LogP contribution is 2.31. The zero-order valence-corrected chi connectivity index (χ0v) is 19.9. The molecule has 1 unspecified atom stereocenters. The molecule has 1 aliphatic rings. The van der Waals surface area contributed by atoms with Crippen LogP contribution in [0, 0.1) is 6.92 Å². The third kappa shape index (κ3) is 6.02. The summed E-state index contributed by atoms with van der Waals surface area (Å²) in [5.74, 6) is -0.924. The number of hydrazine groups is 1. The van der Waals surface area contributed by atoms with Gasteiger partial charge in [-0.2, -0.15) is 4.31 Å². The molecule has 1 saturated heterocycles. The van der Waals surface area contributed by atoms with Crippen LogP contribution in [0.3, 0.4) is 0 Å². The van der Waals surface area contributed by atoms with Crippen LogP contribution >= 0.6 is 0 Å². The van der Waals surface area contributed by atoms with Gasteiger partial charge in [0.15, 0.2) is 0 Å². The molecular formula is C23H30N4O5S. The Morgan fingerprint density at radius 3 is 2.48 bits per heavy atom. The Hall–Kier alpha value is -3.11. The number of benzene rings is 2. The van der Waals surface area contributed by atoms with Crippen molar-refractivity contribution < 1.29 is 22.7 Å². The first-order chi connectivity index (χ1) is 15.7. The molecule has 0 aliphatic carbocycles. The number of hydrogen-bond donors (Lipinski definition) is 3. The molecule has 0 aromatic heterocycles. The molecule has 1 atom stereocenters. The molecule has 0 bridgehead atoms. The minimum atomic E-state index is -3.85. The van der Waals surface area contributed by atoms with Gasteiger partial charge >= 0.3 is 0 Å². The molecule has 1 fully saturated rings. The van der Waals surface area contributed by atoms with Crippen LogP contribution < -0.4 is 20.9 Å². The molecule has 0 radical (unpaired) electrons. The van der Waals surface area contributed by atoms with E-state index in [1.54, 1.807) is 0 Å². The summed E-state index contributed by atoms with van der Waals surface area (Å²) in [5.41, 5.74) is 6.62. The third-order valence-corrected chi connectivity index (χ3v) is 7.61. The van der Waals surface area contributed by atoms with E-state index in [1.165, 1.54) is 29.6 Å².